The summed E-state index contributed by atoms with van der Waals surface area (Å²) in [7, 11) is 0. The number of amides is 9. The molecule has 0 spiro atoms. The van der Waals surface area contributed by atoms with Gasteiger partial charge in [0.2, 0.25) is 23.6 Å². The molecular formula is C41H56N12O10. The Labute approximate surface area is 364 Å². The maximum Gasteiger partial charge on any atom is 0.408 e. The van der Waals surface area contributed by atoms with E-state index >= 15 is 0 Å². The lowest BCUT2D eigenvalue weighted by molar-refractivity contribution is -0.133. The quantitative estimate of drug-likeness (QED) is 0.168. The first-order valence-electron chi connectivity index (χ1n) is 20.1. The van der Waals surface area contributed by atoms with E-state index in [1.165, 1.54) is 6.92 Å². The SMILES string of the molecule is C[C@@H]1NC(=O)C(NC(=O)OC(C)(C)C)CNC(=O)[C@H](C2CCNC(=N)N2)NC(=O)/C(=C/NC(=O)Nc2cccc(-c3ccccc3)c2)NC(=O)[C@H](CNC(=O)OC(C)(C)C)NC1=O. The molecule has 2 unspecified atom stereocenters. The van der Waals surface area contributed by atoms with Gasteiger partial charge in [0.25, 0.3) is 5.91 Å². The van der Waals surface area contributed by atoms with Gasteiger partial charge in [0.05, 0.1) is 12.6 Å². The van der Waals surface area contributed by atoms with Crippen LogP contribution in [0.25, 0.3) is 11.1 Å². The van der Waals surface area contributed by atoms with Crippen molar-refractivity contribution in [3.8, 4) is 11.1 Å². The summed E-state index contributed by atoms with van der Waals surface area (Å²) < 4.78 is 10.6. The van der Waals surface area contributed by atoms with E-state index in [2.05, 4.69) is 58.5 Å². The van der Waals surface area contributed by atoms with Crippen LogP contribution >= 0.6 is 0 Å². The molecule has 2 fully saturated rings. The summed E-state index contributed by atoms with van der Waals surface area (Å²) in [6.45, 7) is 9.94. The molecule has 63 heavy (non-hydrogen) atoms. The number of hydrogen-bond donors (Lipinski definition) is 12. The summed E-state index contributed by atoms with van der Waals surface area (Å²) in [5.41, 5.74) is -0.468. The molecule has 0 radical (unpaired) electrons. The molecule has 0 saturated carbocycles. The highest BCUT2D eigenvalue weighted by atomic mass is 16.6. The van der Waals surface area contributed by atoms with Gasteiger partial charge in [-0.25, -0.2) is 14.4 Å². The molecule has 5 atom stereocenters. The number of carbonyl (C=O) groups is 8. The van der Waals surface area contributed by atoms with Crippen molar-refractivity contribution in [2.24, 2.45) is 0 Å². The summed E-state index contributed by atoms with van der Waals surface area (Å²) in [6.07, 6.45) is -0.923. The van der Waals surface area contributed by atoms with Gasteiger partial charge in [-0.3, -0.25) is 29.4 Å². The third-order valence-electron chi connectivity index (χ3n) is 8.86. The summed E-state index contributed by atoms with van der Waals surface area (Å²) in [4.78, 5) is 108. The molecule has 9 amide bonds. The minimum absolute atomic E-state index is 0.159. The van der Waals surface area contributed by atoms with Crippen molar-refractivity contribution < 1.29 is 47.8 Å². The molecule has 0 bridgehead atoms. The highest BCUT2D eigenvalue weighted by molar-refractivity contribution is 6.03. The Bertz CT molecular complexity index is 2080. The molecule has 2 aromatic rings. The van der Waals surface area contributed by atoms with Crippen molar-refractivity contribution in [2.75, 3.05) is 25.0 Å². The van der Waals surface area contributed by atoms with E-state index in [0.717, 1.165) is 17.3 Å². The second-order valence-corrected chi connectivity index (χ2v) is 16.5. The Kier molecular flexibility index (Phi) is 16.4. The van der Waals surface area contributed by atoms with E-state index in [9.17, 15) is 38.4 Å². The molecule has 2 aromatic carbocycles. The summed E-state index contributed by atoms with van der Waals surface area (Å²) >= 11 is 0. The fourth-order valence-corrected chi connectivity index (χ4v) is 5.93. The van der Waals surface area contributed by atoms with Gasteiger partial charge in [-0.05, 0) is 78.1 Å². The Morgan fingerprint density at radius 2 is 1.44 bits per heavy atom. The lowest BCUT2D eigenvalue weighted by Crippen LogP contribution is -2.65. The van der Waals surface area contributed by atoms with Crippen LogP contribution in [0.5, 0.6) is 0 Å². The largest absolute Gasteiger partial charge is 0.444 e. The van der Waals surface area contributed by atoms with Crippen molar-refractivity contribution >= 4 is 59.4 Å². The van der Waals surface area contributed by atoms with E-state index in [4.69, 9.17) is 14.9 Å². The van der Waals surface area contributed by atoms with Gasteiger partial charge in [-0.2, -0.15) is 0 Å². The summed E-state index contributed by atoms with van der Waals surface area (Å²) in [6, 6.07) is 8.48. The van der Waals surface area contributed by atoms with Gasteiger partial charge in [-0.1, -0.05) is 42.5 Å². The molecular weight excluding hydrogens is 821 g/mol. The Morgan fingerprint density at radius 1 is 0.778 bits per heavy atom. The molecule has 340 valence electrons. The zero-order valence-corrected chi connectivity index (χ0v) is 36.1. The minimum Gasteiger partial charge on any atom is -0.444 e. The van der Waals surface area contributed by atoms with E-state index in [1.807, 2.05) is 36.4 Å². The van der Waals surface area contributed by atoms with E-state index in [1.54, 1.807) is 59.7 Å². The molecule has 2 saturated heterocycles. The predicted octanol–water partition coefficient (Wildman–Crippen LogP) is 0.341. The number of ether oxygens (including phenoxy) is 2. The van der Waals surface area contributed by atoms with Gasteiger partial charge in [0.15, 0.2) is 5.96 Å². The lowest BCUT2D eigenvalue weighted by Gasteiger charge is -2.33. The molecule has 4 rings (SSSR count). The van der Waals surface area contributed by atoms with Crippen LogP contribution in [-0.2, 0) is 33.4 Å². The number of carbonyl (C=O) groups excluding carboxylic acids is 8. The second-order valence-electron chi connectivity index (χ2n) is 16.5. The van der Waals surface area contributed by atoms with Crippen LogP contribution in [0.4, 0.5) is 20.1 Å². The van der Waals surface area contributed by atoms with Crippen LogP contribution in [0.15, 0.2) is 66.5 Å². The molecule has 2 heterocycles. The van der Waals surface area contributed by atoms with Crippen molar-refractivity contribution in [2.45, 2.75) is 96.3 Å². The molecule has 0 aliphatic carbocycles. The fraction of sp³-hybridized carbons (Fsp3) is 0.439. The van der Waals surface area contributed by atoms with Gasteiger partial charge < -0.3 is 68.0 Å². The normalized spacial score (nSPS) is 22.3. The van der Waals surface area contributed by atoms with E-state index < -0.39 is 108 Å². The van der Waals surface area contributed by atoms with Crippen molar-refractivity contribution in [3.63, 3.8) is 0 Å². The second kappa shape index (κ2) is 21.4. The maximum atomic E-state index is 14.2. The zero-order valence-electron chi connectivity index (χ0n) is 36.1. The molecule has 22 nitrogen and oxygen atoms in total. The van der Waals surface area contributed by atoms with Crippen molar-refractivity contribution in [3.05, 3.63) is 66.5 Å². The number of hydrogen-bond acceptors (Lipinski definition) is 11. The Balaban J connectivity index is 1.71. The average Bonchev–Trinajstić information content (AvgIpc) is 3.19. The Hall–Kier alpha value is -7.39. The molecule has 0 aromatic heterocycles. The number of anilines is 1. The third kappa shape index (κ3) is 15.9. The maximum absolute atomic E-state index is 14.2. The van der Waals surface area contributed by atoms with E-state index in [-0.39, 0.29) is 18.9 Å². The van der Waals surface area contributed by atoms with Crippen LogP contribution in [0.3, 0.4) is 0 Å². The van der Waals surface area contributed by atoms with Crippen LogP contribution < -0.4 is 58.5 Å². The first-order valence-corrected chi connectivity index (χ1v) is 20.1. The van der Waals surface area contributed by atoms with Crippen molar-refractivity contribution in [1.29, 1.82) is 5.41 Å². The third-order valence-corrected chi connectivity index (χ3v) is 8.86. The highest BCUT2D eigenvalue weighted by Crippen LogP contribution is 2.22. The zero-order chi connectivity index (χ0) is 46.5. The van der Waals surface area contributed by atoms with Crippen molar-refractivity contribution in [1.82, 2.24) is 53.2 Å². The average molecular weight is 877 g/mol. The number of nitrogens with one attached hydrogen (secondary N) is 12. The van der Waals surface area contributed by atoms with Gasteiger partial charge in [0, 0.05) is 25.0 Å². The number of alkyl carbamates (subject to hydrolysis) is 2. The summed E-state index contributed by atoms with van der Waals surface area (Å²) in [5, 5.41) is 35.8. The lowest BCUT2D eigenvalue weighted by atomic mass is 10.0. The topological polar surface area (TPSA) is 311 Å². The van der Waals surface area contributed by atoms with Gasteiger partial charge in [-0.15, -0.1) is 0 Å². The first kappa shape index (κ1) is 48.3. The van der Waals surface area contributed by atoms with E-state index in [0.29, 0.717) is 5.69 Å². The molecule has 12 N–H and O–H groups in total. The number of guanidine groups is 1. The number of benzene rings is 2. The van der Waals surface area contributed by atoms with Gasteiger partial charge >= 0.3 is 18.2 Å². The first-order chi connectivity index (χ1) is 29.6. The fourth-order valence-electron chi connectivity index (χ4n) is 5.93. The Morgan fingerprint density at radius 3 is 2.11 bits per heavy atom. The molecule has 2 aliphatic heterocycles. The summed E-state index contributed by atoms with van der Waals surface area (Å²) in [5.74, 6) is -5.12. The minimum atomic E-state index is -1.65. The number of urea groups is 1. The highest BCUT2D eigenvalue weighted by Gasteiger charge is 2.36. The van der Waals surface area contributed by atoms with Gasteiger partial charge in [0.1, 0.15) is 41.1 Å². The number of rotatable bonds is 7. The van der Waals surface area contributed by atoms with Crippen LogP contribution in [-0.4, -0.2) is 115 Å². The predicted molar refractivity (Wildman–Crippen MR) is 229 cm³/mol. The standard InChI is InChI=1S/C41H56N12O10/c1-22-31(54)49-28(21-46-38(60)62-40(2,3)4)33(56)50-27(20-45-37(59)48-25-15-11-14-24(18-25)23-12-9-8-10-13-23)34(57)53-30(26-16-17-43-36(42)51-26)35(58)44-19-29(32(55)47-22)52-39(61)63-41(5,6)7/h8-15,18,20,22,26,28-30H,16-17,19,21H2,1-7H3,(H,44,58)(H,46,60)(H,47,55)(H,49,54)(H,50,56)(H,52,61)(H,53,57)(H3,42,43,51)(H2,45,48,59)/b27-20-/t22-,26?,28-,29?,30-/m0/s1. The molecule has 2 aliphatic rings. The monoisotopic (exact) mass is 876 g/mol. The van der Waals surface area contributed by atoms with Crippen LogP contribution in [0.2, 0.25) is 0 Å². The smallest absolute Gasteiger partial charge is 0.408 e. The molecule has 22 heteroatoms. The van der Waals surface area contributed by atoms with Crippen LogP contribution in [0.1, 0.15) is 54.9 Å². The van der Waals surface area contributed by atoms with Crippen LogP contribution in [0, 0.1) is 5.41 Å².